The minimum absolute atomic E-state index is 0.00745. The number of aromatic nitrogens is 2. The highest BCUT2D eigenvalue weighted by Gasteiger charge is 2.51. The fraction of sp³-hybridized carbons (Fsp3) is 0.490. The Morgan fingerprint density at radius 2 is 1.77 bits per heavy atom. The molecule has 1 amide bonds. The fourth-order valence-corrected chi connectivity index (χ4v) is 14.3. The van der Waals surface area contributed by atoms with Crippen LogP contribution in [0.1, 0.15) is 79.4 Å². The van der Waals surface area contributed by atoms with E-state index in [1.807, 2.05) is 17.0 Å². The van der Waals surface area contributed by atoms with Crippen LogP contribution >= 0.6 is 0 Å². The van der Waals surface area contributed by atoms with Crippen molar-refractivity contribution >= 4 is 55.2 Å². The first-order valence-electron chi connectivity index (χ1n) is 24.7. The maximum atomic E-state index is 16.1. The molecule has 70 heavy (non-hydrogen) atoms. The third kappa shape index (κ3) is 7.62. The third-order valence-corrected chi connectivity index (χ3v) is 17.9. The molecule has 4 saturated heterocycles. The Morgan fingerprint density at radius 3 is 2.56 bits per heavy atom. The van der Waals surface area contributed by atoms with Gasteiger partial charge >= 0.3 is 0 Å². The van der Waals surface area contributed by atoms with Gasteiger partial charge in [0.25, 0.3) is 11.6 Å². The number of nitrogens with zero attached hydrogens (tertiary/aromatic N) is 5. The summed E-state index contributed by atoms with van der Waals surface area (Å²) in [4.78, 5) is 40.4. The number of carbonyl (C=O) groups is 1. The molecule has 4 N–H and O–H groups in total. The van der Waals surface area contributed by atoms with E-state index in [9.17, 15) is 14.9 Å². The smallest absolute Gasteiger partial charge is 0.297 e. The molecule has 8 heterocycles. The molecule has 3 aromatic carbocycles. The van der Waals surface area contributed by atoms with Crippen LogP contribution in [0.15, 0.2) is 76.7 Å². The minimum Gasteiger partial charge on any atom is -0.489 e. The number of nitro benzene ring substituents is 1. The van der Waals surface area contributed by atoms with Gasteiger partial charge in [0.15, 0.2) is 11.4 Å². The molecule has 1 spiro atoms. The summed E-state index contributed by atoms with van der Waals surface area (Å²) in [7, 11) is -4.78. The second kappa shape index (κ2) is 17.7. The van der Waals surface area contributed by atoms with Gasteiger partial charge in [0.05, 0.1) is 65.3 Å². The van der Waals surface area contributed by atoms with Crippen molar-refractivity contribution in [1.29, 1.82) is 0 Å². The second-order valence-electron chi connectivity index (χ2n) is 20.0. The number of anilines is 4. The number of aryl methyl sites for hydroxylation is 1. The zero-order valence-corrected chi connectivity index (χ0v) is 40.0. The zero-order valence-electron chi connectivity index (χ0n) is 39.1. The van der Waals surface area contributed by atoms with Crippen molar-refractivity contribution in [2.75, 3.05) is 74.4 Å². The van der Waals surface area contributed by atoms with Crippen LogP contribution in [-0.4, -0.2) is 124 Å². The lowest BCUT2D eigenvalue weighted by atomic mass is 9.59. The number of amides is 1. The zero-order chi connectivity index (χ0) is 47.9. The number of primary amides is 1. The summed E-state index contributed by atoms with van der Waals surface area (Å²) in [5.74, 6) is -0.600. The predicted molar refractivity (Wildman–Crippen MR) is 260 cm³/mol. The Kier molecular flexibility index (Phi) is 11.4. The van der Waals surface area contributed by atoms with E-state index in [0.717, 1.165) is 56.5 Å². The number of pyridine rings is 1. The number of nitrogens with two attached hydrogens (primary N) is 1. The van der Waals surface area contributed by atoms with Crippen LogP contribution in [0.4, 0.5) is 28.4 Å². The number of likely N-dealkylation sites (tertiary alicyclic amines) is 1. The number of aromatic amines is 1. The molecule has 368 valence electrons. The monoisotopic (exact) mass is 974 g/mol. The number of nitrogens with one attached hydrogen (secondary N) is 2. The fourth-order valence-electron chi connectivity index (χ4n) is 12.6. The Hall–Kier alpha value is -5.99. The molecule has 2 aromatic heterocycles. The van der Waals surface area contributed by atoms with Crippen LogP contribution in [0.3, 0.4) is 0 Å². The molecule has 12 rings (SSSR count). The molecule has 1 aliphatic carbocycles. The molecule has 19 heteroatoms. The van der Waals surface area contributed by atoms with E-state index in [0.29, 0.717) is 68.4 Å². The van der Waals surface area contributed by atoms with Crippen LogP contribution in [0, 0.1) is 15.5 Å². The molecule has 5 fully saturated rings. The minimum atomic E-state index is -4.78. The van der Waals surface area contributed by atoms with Gasteiger partial charge in [0.1, 0.15) is 35.0 Å². The average molecular weight is 975 g/mol. The number of fused-ring (bicyclic) bond motifs is 4. The number of ether oxygens (including phenoxy) is 5. The standard InChI is InChI=1S/C51H58N8O10S/c1-2-30-6-3-4-7-34(30)37-8-5-16-57(37)32-25-51(26-32)13-17-56(18-14-51)39-10-9-35(48(52)60)46(58-38-12-19-65-29-44(38)69-50-41(58)22-31-11-15-53-49(31)55-50)47(39)70(63,64)33-23-40(59(61)62)45-42(24-33)68-27-36(54-45)43-28-66-20-21-67-43/h3-4,6-7,9-11,15,22-24,32,36-38,43-44,54H,2,5,8,12-14,16-21,25-29H2,1H3,(H2,52,60)(H,53,55)/t36-,37+,38-,43-,44-/m1/s1. The molecule has 0 radical (unpaired) electrons. The van der Waals surface area contributed by atoms with E-state index in [1.54, 1.807) is 18.3 Å². The van der Waals surface area contributed by atoms with E-state index in [1.165, 1.54) is 23.6 Å². The quantitative estimate of drug-likeness (QED) is 0.0966. The van der Waals surface area contributed by atoms with Gasteiger partial charge in [-0.15, -0.1) is 0 Å². The lowest BCUT2D eigenvalue weighted by Gasteiger charge is -2.56. The SMILES string of the molecule is CCc1ccccc1[C@@H]1CCCN1C1CC2(CCN(c3ccc(C(N)=O)c(N4c5cc6cc[nH]c6nc5O[C@@H]5COCC[C@H]54)c3S(=O)(=O)c3cc4c(c([N+](=O)[O-])c3)N[C@@H]([C@H]3COCCO3)CO4)CC2)C1. The van der Waals surface area contributed by atoms with Gasteiger partial charge in [0, 0.05) is 55.5 Å². The van der Waals surface area contributed by atoms with Gasteiger partial charge in [-0.1, -0.05) is 31.2 Å². The van der Waals surface area contributed by atoms with Gasteiger partial charge < -0.3 is 49.5 Å². The Labute approximate surface area is 405 Å². The lowest BCUT2D eigenvalue weighted by molar-refractivity contribution is -0.384. The lowest BCUT2D eigenvalue weighted by Crippen LogP contribution is -2.55. The van der Waals surface area contributed by atoms with Gasteiger partial charge in [0.2, 0.25) is 15.7 Å². The van der Waals surface area contributed by atoms with Crippen LogP contribution in [0.2, 0.25) is 0 Å². The molecule has 6 aliphatic heterocycles. The number of sulfone groups is 1. The van der Waals surface area contributed by atoms with Crippen molar-refractivity contribution in [2.45, 2.75) is 104 Å². The number of carbonyl (C=O) groups excluding carboxylic acids is 1. The first kappa shape index (κ1) is 45.2. The van der Waals surface area contributed by atoms with Gasteiger partial charge in [-0.2, -0.15) is 4.98 Å². The Balaban J connectivity index is 0.954. The third-order valence-electron chi connectivity index (χ3n) is 16.2. The van der Waals surface area contributed by atoms with Crippen molar-refractivity contribution in [1.82, 2.24) is 14.9 Å². The van der Waals surface area contributed by atoms with Crippen LogP contribution < -0.4 is 30.3 Å². The Bertz CT molecular complexity index is 2980. The van der Waals surface area contributed by atoms with Crippen molar-refractivity contribution in [3.05, 3.63) is 93.7 Å². The van der Waals surface area contributed by atoms with Gasteiger partial charge in [-0.05, 0) is 98.7 Å². The van der Waals surface area contributed by atoms with Crippen LogP contribution in [0.25, 0.3) is 11.0 Å². The maximum Gasteiger partial charge on any atom is 0.297 e. The van der Waals surface area contributed by atoms with E-state index in [-0.39, 0.29) is 63.6 Å². The number of rotatable bonds is 10. The highest BCUT2D eigenvalue weighted by atomic mass is 32.2. The topological polar surface area (TPSA) is 217 Å². The van der Waals surface area contributed by atoms with Gasteiger partial charge in [-0.25, -0.2) is 8.42 Å². The molecule has 5 aromatic rings. The number of piperidine rings is 1. The summed E-state index contributed by atoms with van der Waals surface area (Å²) >= 11 is 0. The van der Waals surface area contributed by atoms with Crippen molar-refractivity contribution in [3.8, 4) is 11.6 Å². The number of H-pyrrole nitrogens is 1. The highest BCUT2D eigenvalue weighted by Crippen LogP contribution is 2.56. The Morgan fingerprint density at radius 1 is 0.957 bits per heavy atom. The molecule has 7 aliphatic rings. The normalized spacial score (nSPS) is 25.5. The number of benzene rings is 3. The average Bonchev–Trinajstić information content (AvgIpc) is 4.06. The molecule has 5 atom stereocenters. The van der Waals surface area contributed by atoms with Crippen LogP contribution in [0.5, 0.6) is 11.6 Å². The van der Waals surface area contributed by atoms with Gasteiger partial charge in [-0.3, -0.25) is 19.8 Å². The molecule has 18 nitrogen and oxygen atoms in total. The van der Waals surface area contributed by atoms with E-state index in [4.69, 9.17) is 34.4 Å². The van der Waals surface area contributed by atoms with Crippen LogP contribution in [-0.2, 0) is 30.5 Å². The maximum absolute atomic E-state index is 16.1. The summed E-state index contributed by atoms with van der Waals surface area (Å²) in [6, 6.07) is 18.2. The molecular weight excluding hydrogens is 917 g/mol. The highest BCUT2D eigenvalue weighted by molar-refractivity contribution is 7.91. The van der Waals surface area contributed by atoms with Crippen molar-refractivity contribution < 1.29 is 41.8 Å². The number of hydrogen-bond acceptors (Lipinski definition) is 15. The summed E-state index contributed by atoms with van der Waals surface area (Å²) < 4.78 is 62.3. The van der Waals surface area contributed by atoms with E-state index < -0.39 is 50.6 Å². The number of nitro groups is 1. The summed E-state index contributed by atoms with van der Waals surface area (Å²) in [5, 5.41) is 16.9. The molecular formula is C51H58N8O10S. The first-order valence-corrected chi connectivity index (χ1v) is 26.2. The van der Waals surface area contributed by atoms with E-state index >= 15 is 8.42 Å². The summed E-state index contributed by atoms with van der Waals surface area (Å²) in [6.07, 6.45) is 8.34. The molecule has 1 saturated carbocycles. The molecule has 0 bridgehead atoms. The largest absolute Gasteiger partial charge is 0.489 e. The van der Waals surface area contributed by atoms with Crippen molar-refractivity contribution in [2.24, 2.45) is 11.1 Å². The summed E-state index contributed by atoms with van der Waals surface area (Å²) in [6.45, 7) is 6.10. The summed E-state index contributed by atoms with van der Waals surface area (Å²) in [5.41, 5.74) is 10.3. The second-order valence-corrected chi connectivity index (χ2v) is 21.9. The predicted octanol–water partition coefficient (Wildman–Crippen LogP) is 6.83. The van der Waals surface area contributed by atoms with E-state index in [2.05, 4.69) is 51.3 Å². The van der Waals surface area contributed by atoms with Crippen molar-refractivity contribution in [3.63, 3.8) is 0 Å². The first-order chi connectivity index (χ1) is 34.0. The number of hydrogen-bond donors (Lipinski definition) is 3. The molecule has 0 unspecified atom stereocenters.